The highest BCUT2D eigenvalue weighted by molar-refractivity contribution is 5.78. The molecule has 1 aliphatic rings. The van der Waals surface area contributed by atoms with Crippen molar-refractivity contribution in [3.05, 3.63) is 48.7 Å². The second-order valence-corrected chi connectivity index (χ2v) is 6.31. The largest absolute Gasteiger partial charge is 0.352 e. The van der Waals surface area contributed by atoms with Crippen molar-refractivity contribution in [1.82, 2.24) is 24.8 Å². The van der Waals surface area contributed by atoms with Gasteiger partial charge in [0.1, 0.15) is 5.82 Å². The number of anilines is 1. The molecule has 1 aliphatic heterocycles. The average Bonchev–Trinajstić information content (AvgIpc) is 2.68. The molecule has 3 rings (SSSR count). The van der Waals surface area contributed by atoms with Crippen LogP contribution in [0.15, 0.2) is 43.1 Å². The molecule has 0 spiro atoms. The van der Waals surface area contributed by atoms with Gasteiger partial charge in [-0.1, -0.05) is 6.07 Å². The summed E-state index contributed by atoms with van der Waals surface area (Å²) in [6.07, 6.45) is 8.74. The molecule has 7 heteroatoms. The molecule has 2 aromatic rings. The van der Waals surface area contributed by atoms with Gasteiger partial charge in [0.05, 0.1) is 12.7 Å². The summed E-state index contributed by atoms with van der Waals surface area (Å²) >= 11 is 0. The Hall–Kier alpha value is -2.54. The summed E-state index contributed by atoms with van der Waals surface area (Å²) in [5, 5.41) is 0. The first-order valence-corrected chi connectivity index (χ1v) is 8.54. The van der Waals surface area contributed by atoms with Gasteiger partial charge in [-0.05, 0) is 25.6 Å². The summed E-state index contributed by atoms with van der Waals surface area (Å²) in [7, 11) is 1.98. The van der Waals surface area contributed by atoms with E-state index >= 15 is 0 Å². The monoisotopic (exact) mass is 340 g/mol. The molecule has 1 saturated heterocycles. The lowest BCUT2D eigenvalue weighted by atomic mass is 10.1. The summed E-state index contributed by atoms with van der Waals surface area (Å²) in [6.45, 7) is 5.49. The number of piperazine rings is 1. The van der Waals surface area contributed by atoms with Crippen LogP contribution in [0.3, 0.4) is 0 Å². The van der Waals surface area contributed by atoms with Crippen LogP contribution < -0.4 is 4.90 Å². The Labute approximate surface area is 148 Å². The highest BCUT2D eigenvalue weighted by Crippen LogP contribution is 2.18. The van der Waals surface area contributed by atoms with Gasteiger partial charge in [0.15, 0.2) is 0 Å². The number of amides is 1. The quantitative estimate of drug-likeness (QED) is 0.815. The Kier molecular flexibility index (Phi) is 5.55. The number of nitrogens with zero attached hydrogens (tertiary/aromatic N) is 6. The molecular formula is C18H24N6O. The van der Waals surface area contributed by atoms with Gasteiger partial charge in [-0.15, -0.1) is 0 Å². The summed E-state index contributed by atoms with van der Waals surface area (Å²) in [5.41, 5.74) is 1.12. The third kappa shape index (κ3) is 4.30. The van der Waals surface area contributed by atoms with Gasteiger partial charge in [-0.25, -0.2) is 4.98 Å². The molecule has 1 fully saturated rings. The van der Waals surface area contributed by atoms with Crippen molar-refractivity contribution in [2.45, 2.75) is 13.0 Å². The Morgan fingerprint density at radius 1 is 1.16 bits per heavy atom. The fourth-order valence-electron chi connectivity index (χ4n) is 2.97. The lowest BCUT2D eigenvalue weighted by Crippen LogP contribution is -2.51. The van der Waals surface area contributed by atoms with Crippen molar-refractivity contribution in [2.24, 2.45) is 0 Å². The third-order valence-corrected chi connectivity index (χ3v) is 4.72. The lowest BCUT2D eigenvalue weighted by Gasteiger charge is -2.36. The summed E-state index contributed by atoms with van der Waals surface area (Å²) in [6, 6.07) is 4.12. The Morgan fingerprint density at radius 3 is 2.56 bits per heavy atom. The number of hydrogen-bond acceptors (Lipinski definition) is 6. The summed E-state index contributed by atoms with van der Waals surface area (Å²) < 4.78 is 0. The van der Waals surface area contributed by atoms with Gasteiger partial charge < -0.3 is 9.80 Å². The molecule has 1 atom stereocenters. The molecule has 0 aliphatic carbocycles. The molecule has 0 saturated carbocycles. The maximum Gasteiger partial charge on any atom is 0.236 e. The van der Waals surface area contributed by atoms with Crippen molar-refractivity contribution >= 4 is 11.7 Å². The van der Waals surface area contributed by atoms with E-state index in [0.717, 1.165) is 24.5 Å². The van der Waals surface area contributed by atoms with Crippen LogP contribution in [0.1, 0.15) is 18.5 Å². The van der Waals surface area contributed by atoms with Crippen molar-refractivity contribution in [3.63, 3.8) is 0 Å². The van der Waals surface area contributed by atoms with Gasteiger partial charge in [-0.2, -0.15) is 0 Å². The van der Waals surface area contributed by atoms with Crippen LogP contribution in [0, 0.1) is 0 Å². The van der Waals surface area contributed by atoms with Crippen LogP contribution in [0.25, 0.3) is 0 Å². The van der Waals surface area contributed by atoms with Crippen molar-refractivity contribution in [1.29, 1.82) is 0 Å². The molecule has 0 N–H and O–H groups in total. The van der Waals surface area contributed by atoms with Gasteiger partial charge in [0.25, 0.3) is 0 Å². The molecule has 2 aromatic heterocycles. The smallest absolute Gasteiger partial charge is 0.236 e. The first-order valence-electron chi connectivity index (χ1n) is 8.54. The van der Waals surface area contributed by atoms with Crippen LogP contribution in [0.2, 0.25) is 0 Å². The fourth-order valence-corrected chi connectivity index (χ4v) is 2.97. The Bertz CT molecular complexity index is 672. The highest BCUT2D eigenvalue weighted by Gasteiger charge is 2.24. The van der Waals surface area contributed by atoms with Gasteiger partial charge in [-0.3, -0.25) is 19.7 Å². The minimum Gasteiger partial charge on any atom is -0.352 e. The number of pyridine rings is 1. The van der Waals surface area contributed by atoms with E-state index in [1.807, 2.05) is 30.3 Å². The average molecular weight is 340 g/mol. The van der Waals surface area contributed by atoms with E-state index in [-0.39, 0.29) is 11.9 Å². The normalized spacial score (nSPS) is 16.1. The molecule has 0 radical (unpaired) electrons. The second kappa shape index (κ2) is 8.02. The maximum absolute atomic E-state index is 12.6. The Balaban J connectivity index is 1.51. The van der Waals surface area contributed by atoms with Crippen molar-refractivity contribution in [2.75, 3.05) is 44.7 Å². The van der Waals surface area contributed by atoms with Gasteiger partial charge >= 0.3 is 0 Å². The number of likely N-dealkylation sites (N-methyl/N-ethyl adjacent to an activating group) is 1. The number of aromatic nitrogens is 3. The van der Waals surface area contributed by atoms with E-state index in [1.54, 1.807) is 24.8 Å². The van der Waals surface area contributed by atoms with Crippen LogP contribution in [-0.4, -0.2) is 70.4 Å². The van der Waals surface area contributed by atoms with Crippen LogP contribution in [0.4, 0.5) is 5.82 Å². The summed E-state index contributed by atoms with van der Waals surface area (Å²) in [5.74, 6) is 1.04. The Morgan fingerprint density at radius 2 is 1.92 bits per heavy atom. The van der Waals surface area contributed by atoms with Gasteiger partial charge in [0.2, 0.25) is 5.91 Å². The van der Waals surface area contributed by atoms with E-state index in [1.165, 1.54) is 0 Å². The van der Waals surface area contributed by atoms with E-state index < -0.39 is 0 Å². The molecule has 132 valence electrons. The molecular weight excluding hydrogens is 316 g/mol. The van der Waals surface area contributed by atoms with E-state index in [9.17, 15) is 4.79 Å². The number of rotatable bonds is 5. The number of carbonyl (C=O) groups is 1. The molecule has 7 nitrogen and oxygen atoms in total. The van der Waals surface area contributed by atoms with Crippen molar-refractivity contribution in [3.8, 4) is 0 Å². The molecule has 3 heterocycles. The molecule has 1 amide bonds. The zero-order valence-corrected chi connectivity index (χ0v) is 14.7. The van der Waals surface area contributed by atoms with Crippen LogP contribution in [0.5, 0.6) is 0 Å². The lowest BCUT2D eigenvalue weighted by molar-refractivity contribution is -0.132. The predicted molar refractivity (Wildman–Crippen MR) is 96.1 cm³/mol. The fraction of sp³-hybridized carbons (Fsp3) is 0.444. The maximum atomic E-state index is 12.6. The third-order valence-electron chi connectivity index (χ3n) is 4.72. The first-order chi connectivity index (χ1) is 12.1. The van der Waals surface area contributed by atoms with Crippen LogP contribution >= 0.6 is 0 Å². The zero-order chi connectivity index (χ0) is 17.6. The second-order valence-electron chi connectivity index (χ2n) is 6.31. The summed E-state index contributed by atoms with van der Waals surface area (Å²) in [4.78, 5) is 31.4. The van der Waals surface area contributed by atoms with Crippen molar-refractivity contribution < 1.29 is 4.79 Å². The van der Waals surface area contributed by atoms with E-state index in [2.05, 4.69) is 31.7 Å². The van der Waals surface area contributed by atoms with Gasteiger partial charge in [0, 0.05) is 57.0 Å². The molecule has 0 bridgehead atoms. The SMILES string of the molecule is C[C@@H](c1cccnc1)N(C)CC(=O)N1CCN(c2cnccn2)CC1. The topological polar surface area (TPSA) is 65.5 Å². The number of hydrogen-bond donors (Lipinski definition) is 0. The first kappa shape index (κ1) is 17.3. The number of carbonyl (C=O) groups excluding carboxylic acids is 1. The molecule has 0 aromatic carbocycles. The standard InChI is InChI=1S/C18H24N6O/c1-15(16-4-3-5-19-12-16)22(2)14-18(25)24-10-8-23(9-11-24)17-13-20-6-7-21-17/h3-7,12-13,15H,8-11,14H2,1-2H3/t15-/m0/s1. The molecule has 0 unspecified atom stereocenters. The zero-order valence-electron chi connectivity index (χ0n) is 14.7. The minimum atomic E-state index is 0.151. The highest BCUT2D eigenvalue weighted by atomic mass is 16.2. The minimum absolute atomic E-state index is 0.151. The van der Waals surface area contributed by atoms with E-state index in [4.69, 9.17) is 0 Å². The van der Waals surface area contributed by atoms with E-state index in [0.29, 0.717) is 19.6 Å². The molecule has 25 heavy (non-hydrogen) atoms. The predicted octanol–water partition coefficient (Wildman–Crippen LogP) is 1.21. The van der Waals surface area contributed by atoms with Crippen LogP contribution in [-0.2, 0) is 4.79 Å².